The maximum Gasteiger partial charge on any atom is 0.264 e. The van der Waals surface area contributed by atoms with Gasteiger partial charge in [-0.05, 0) is 24.3 Å². The molecule has 32 heavy (non-hydrogen) atoms. The van der Waals surface area contributed by atoms with Gasteiger partial charge in [0, 0.05) is 46.4 Å². The van der Waals surface area contributed by atoms with Crippen molar-refractivity contribution in [1.82, 2.24) is 15.0 Å². The van der Waals surface area contributed by atoms with Crippen LogP contribution in [-0.4, -0.2) is 27.5 Å². The number of anilines is 1. The first kappa shape index (κ1) is 19.8. The highest BCUT2D eigenvalue weighted by Crippen LogP contribution is 2.31. The normalized spacial score (nSPS) is 10.8. The van der Waals surface area contributed by atoms with Crippen molar-refractivity contribution in [2.75, 3.05) is 11.9 Å². The lowest BCUT2D eigenvalue weighted by molar-refractivity contribution is -0.118. The third kappa shape index (κ3) is 4.45. The van der Waals surface area contributed by atoms with Crippen molar-refractivity contribution in [3.63, 3.8) is 0 Å². The SMILES string of the molecule is O=C(COc1cccc(Oc2ccccn2)c1)Nc1nc(-c2c[nH]c3ccccc23)cs1. The zero-order valence-corrected chi connectivity index (χ0v) is 17.6. The third-order valence-corrected chi connectivity index (χ3v) is 5.41. The van der Waals surface area contributed by atoms with Crippen molar-refractivity contribution in [3.05, 3.63) is 84.5 Å². The maximum absolute atomic E-state index is 12.4. The molecule has 0 fully saturated rings. The Labute approximate surface area is 187 Å². The molecule has 0 spiro atoms. The Bertz CT molecular complexity index is 1360. The van der Waals surface area contributed by atoms with Crippen molar-refractivity contribution in [2.24, 2.45) is 0 Å². The Kier molecular flexibility index (Phi) is 5.50. The number of nitrogens with zero attached hydrogens (tertiary/aromatic N) is 2. The van der Waals surface area contributed by atoms with E-state index in [0.29, 0.717) is 22.5 Å². The number of ether oxygens (including phenoxy) is 2. The van der Waals surface area contributed by atoms with E-state index >= 15 is 0 Å². The second-order valence-corrected chi connectivity index (χ2v) is 7.73. The first-order chi connectivity index (χ1) is 15.7. The van der Waals surface area contributed by atoms with Crippen LogP contribution in [0.5, 0.6) is 17.4 Å². The van der Waals surface area contributed by atoms with Crippen LogP contribution in [0.15, 0.2) is 84.5 Å². The van der Waals surface area contributed by atoms with Gasteiger partial charge in [-0.15, -0.1) is 11.3 Å². The highest BCUT2D eigenvalue weighted by atomic mass is 32.1. The summed E-state index contributed by atoms with van der Waals surface area (Å²) in [6, 6.07) is 20.5. The Morgan fingerprint density at radius 1 is 1.03 bits per heavy atom. The Morgan fingerprint density at radius 3 is 2.81 bits per heavy atom. The highest BCUT2D eigenvalue weighted by Gasteiger charge is 2.12. The number of benzene rings is 2. The minimum Gasteiger partial charge on any atom is -0.484 e. The van der Waals surface area contributed by atoms with E-state index in [9.17, 15) is 4.79 Å². The monoisotopic (exact) mass is 442 g/mol. The van der Waals surface area contributed by atoms with Gasteiger partial charge in [0.05, 0.1) is 5.69 Å². The number of pyridine rings is 1. The summed E-state index contributed by atoms with van der Waals surface area (Å²) in [4.78, 5) is 24.3. The van der Waals surface area contributed by atoms with Gasteiger partial charge in [0.15, 0.2) is 11.7 Å². The molecule has 0 saturated heterocycles. The number of amides is 1. The molecule has 3 heterocycles. The van der Waals surface area contributed by atoms with E-state index < -0.39 is 0 Å². The average molecular weight is 443 g/mol. The van der Waals surface area contributed by atoms with E-state index in [4.69, 9.17) is 9.47 Å². The summed E-state index contributed by atoms with van der Waals surface area (Å²) in [6.45, 7) is -0.144. The molecule has 0 bridgehead atoms. The Morgan fingerprint density at radius 2 is 1.91 bits per heavy atom. The lowest BCUT2D eigenvalue weighted by atomic mass is 10.1. The van der Waals surface area contributed by atoms with Crippen LogP contribution in [0.4, 0.5) is 5.13 Å². The van der Waals surface area contributed by atoms with E-state index in [1.54, 1.807) is 36.5 Å². The van der Waals surface area contributed by atoms with Gasteiger partial charge in [0.25, 0.3) is 5.91 Å². The second-order valence-electron chi connectivity index (χ2n) is 6.87. The predicted molar refractivity (Wildman–Crippen MR) is 124 cm³/mol. The van der Waals surface area contributed by atoms with Crippen molar-refractivity contribution < 1.29 is 14.3 Å². The largest absolute Gasteiger partial charge is 0.484 e. The number of aromatic amines is 1. The molecule has 2 aromatic carbocycles. The molecule has 158 valence electrons. The molecule has 8 heteroatoms. The molecule has 0 aliphatic carbocycles. The summed E-state index contributed by atoms with van der Waals surface area (Å²) in [6.07, 6.45) is 3.58. The molecule has 7 nitrogen and oxygen atoms in total. The van der Waals surface area contributed by atoms with Crippen LogP contribution in [0.3, 0.4) is 0 Å². The molecule has 0 aliphatic rings. The number of hydrogen-bond acceptors (Lipinski definition) is 6. The zero-order chi connectivity index (χ0) is 21.8. The van der Waals surface area contributed by atoms with E-state index in [1.807, 2.05) is 48.0 Å². The number of para-hydroxylation sites is 1. The minimum atomic E-state index is -0.291. The Balaban J connectivity index is 1.19. The number of aromatic nitrogens is 3. The van der Waals surface area contributed by atoms with E-state index in [2.05, 4.69) is 20.3 Å². The molecule has 5 aromatic rings. The molecular formula is C24H18N4O3S. The van der Waals surface area contributed by atoms with Gasteiger partial charge < -0.3 is 14.5 Å². The summed E-state index contributed by atoms with van der Waals surface area (Å²) in [7, 11) is 0. The number of thiazole rings is 1. The number of carbonyl (C=O) groups excluding carboxylic acids is 1. The second kappa shape index (κ2) is 8.91. The molecular weight excluding hydrogens is 424 g/mol. The number of carbonyl (C=O) groups is 1. The highest BCUT2D eigenvalue weighted by molar-refractivity contribution is 7.14. The molecule has 0 radical (unpaired) electrons. The van der Waals surface area contributed by atoms with Gasteiger partial charge in [0.2, 0.25) is 5.88 Å². The van der Waals surface area contributed by atoms with Gasteiger partial charge in [0.1, 0.15) is 11.5 Å². The van der Waals surface area contributed by atoms with E-state index in [1.165, 1.54) is 11.3 Å². The molecule has 0 atom stereocenters. The van der Waals surface area contributed by atoms with Crippen LogP contribution in [0, 0.1) is 0 Å². The summed E-state index contributed by atoms with van der Waals surface area (Å²) < 4.78 is 11.3. The molecule has 0 unspecified atom stereocenters. The van der Waals surface area contributed by atoms with Crippen LogP contribution in [0.25, 0.3) is 22.2 Å². The third-order valence-electron chi connectivity index (χ3n) is 4.65. The van der Waals surface area contributed by atoms with Gasteiger partial charge >= 0.3 is 0 Å². The quantitative estimate of drug-likeness (QED) is 0.348. The topological polar surface area (TPSA) is 89.1 Å². The molecule has 0 aliphatic heterocycles. The Hall–Kier alpha value is -4.17. The smallest absolute Gasteiger partial charge is 0.264 e. The van der Waals surface area contributed by atoms with Crippen molar-refractivity contribution >= 4 is 33.3 Å². The number of rotatable bonds is 7. The van der Waals surface area contributed by atoms with Crippen LogP contribution in [-0.2, 0) is 4.79 Å². The average Bonchev–Trinajstić information content (AvgIpc) is 3.45. The fourth-order valence-corrected chi connectivity index (χ4v) is 3.92. The zero-order valence-electron chi connectivity index (χ0n) is 16.8. The molecule has 0 saturated carbocycles. The van der Waals surface area contributed by atoms with Crippen molar-refractivity contribution in [1.29, 1.82) is 0 Å². The van der Waals surface area contributed by atoms with E-state index in [-0.39, 0.29) is 12.5 Å². The summed E-state index contributed by atoms with van der Waals surface area (Å²) in [5.74, 6) is 1.29. The van der Waals surface area contributed by atoms with Gasteiger partial charge in [-0.1, -0.05) is 30.3 Å². The first-order valence-corrected chi connectivity index (χ1v) is 10.8. The van der Waals surface area contributed by atoms with Crippen molar-refractivity contribution in [2.45, 2.75) is 0 Å². The van der Waals surface area contributed by atoms with Crippen LogP contribution < -0.4 is 14.8 Å². The fourth-order valence-electron chi connectivity index (χ4n) is 3.20. The molecule has 2 N–H and O–H groups in total. The van der Waals surface area contributed by atoms with Gasteiger partial charge in [-0.3, -0.25) is 10.1 Å². The van der Waals surface area contributed by atoms with Crippen LogP contribution in [0.2, 0.25) is 0 Å². The van der Waals surface area contributed by atoms with Crippen LogP contribution >= 0.6 is 11.3 Å². The fraction of sp³-hybridized carbons (Fsp3) is 0.0417. The van der Waals surface area contributed by atoms with Crippen LogP contribution in [0.1, 0.15) is 0 Å². The molecule has 3 aromatic heterocycles. The van der Waals surface area contributed by atoms with E-state index in [0.717, 1.165) is 22.2 Å². The lowest BCUT2D eigenvalue weighted by Gasteiger charge is -2.08. The summed E-state index contributed by atoms with van der Waals surface area (Å²) in [5.41, 5.74) is 2.85. The lowest BCUT2D eigenvalue weighted by Crippen LogP contribution is -2.20. The minimum absolute atomic E-state index is 0.144. The number of H-pyrrole nitrogens is 1. The molecule has 1 amide bonds. The molecule has 5 rings (SSSR count). The van der Waals surface area contributed by atoms with Gasteiger partial charge in [-0.25, -0.2) is 9.97 Å². The first-order valence-electron chi connectivity index (χ1n) is 9.88. The number of nitrogens with one attached hydrogen (secondary N) is 2. The predicted octanol–water partition coefficient (Wildman–Crippen LogP) is 5.50. The number of fused-ring (bicyclic) bond motifs is 1. The standard InChI is InChI=1S/C24H18N4O3S/c29-22(14-30-16-6-5-7-17(12-16)31-23-10-3-4-11-25-23)28-24-27-21(15-32-24)19-13-26-20-9-2-1-8-18(19)20/h1-13,15,26H,14H2,(H,27,28,29). The van der Waals surface area contributed by atoms with Gasteiger partial charge in [-0.2, -0.15) is 0 Å². The number of hydrogen-bond donors (Lipinski definition) is 2. The van der Waals surface area contributed by atoms with Crippen molar-refractivity contribution in [3.8, 4) is 28.6 Å². The summed E-state index contributed by atoms with van der Waals surface area (Å²) in [5, 5.41) is 6.32. The summed E-state index contributed by atoms with van der Waals surface area (Å²) >= 11 is 1.37. The maximum atomic E-state index is 12.4.